The summed E-state index contributed by atoms with van der Waals surface area (Å²) >= 11 is 1.67. The molecule has 3 amide bonds. The van der Waals surface area contributed by atoms with Crippen molar-refractivity contribution in [3.8, 4) is 10.4 Å². The van der Waals surface area contributed by atoms with Crippen LogP contribution in [0.1, 0.15) is 33.3 Å². The molecule has 1 unspecified atom stereocenters. The molecule has 0 aliphatic carbocycles. The maximum absolute atomic E-state index is 13.1. The van der Waals surface area contributed by atoms with Crippen molar-refractivity contribution in [3.05, 3.63) is 77.7 Å². The van der Waals surface area contributed by atoms with Crippen LogP contribution in [0.25, 0.3) is 10.4 Å². The Hall–Kier alpha value is -3.16. The van der Waals surface area contributed by atoms with E-state index in [2.05, 4.69) is 54.6 Å². The lowest BCUT2D eigenvalue weighted by Crippen LogP contribution is -2.51. The van der Waals surface area contributed by atoms with E-state index in [0.29, 0.717) is 30.7 Å². The van der Waals surface area contributed by atoms with Gasteiger partial charge in [-0.05, 0) is 62.4 Å². The van der Waals surface area contributed by atoms with Crippen LogP contribution in [0.15, 0.2) is 72.1 Å². The number of benzene rings is 2. The van der Waals surface area contributed by atoms with Gasteiger partial charge in [0, 0.05) is 42.2 Å². The predicted octanol–water partition coefficient (Wildman–Crippen LogP) is 5.38. The third-order valence-electron chi connectivity index (χ3n) is 5.85. The van der Waals surface area contributed by atoms with E-state index >= 15 is 0 Å². The maximum Gasteiger partial charge on any atom is 0.319 e. The van der Waals surface area contributed by atoms with Crippen LogP contribution in [0.2, 0.25) is 0 Å². The zero-order valence-corrected chi connectivity index (χ0v) is 21.8. The highest BCUT2D eigenvalue weighted by Crippen LogP contribution is 2.25. The van der Waals surface area contributed by atoms with E-state index in [1.807, 2.05) is 66.0 Å². The first-order valence-electron chi connectivity index (χ1n) is 12.1. The van der Waals surface area contributed by atoms with Gasteiger partial charge in [-0.15, -0.1) is 11.3 Å². The summed E-state index contributed by atoms with van der Waals surface area (Å²) in [6, 6.07) is 21.2. The number of carbonyl (C=O) groups excluding carboxylic acids is 2. The molecule has 0 fully saturated rings. The van der Waals surface area contributed by atoms with Gasteiger partial charge in [0.05, 0.1) is 0 Å². The minimum absolute atomic E-state index is 0.190. The lowest BCUT2D eigenvalue weighted by atomic mass is 10.1. The first kappa shape index (κ1) is 26.4. The fourth-order valence-electron chi connectivity index (χ4n) is 4.09. The van der Waals surface area contributed by atoms with Crippen LogP contribution in [0, 0.1) is 0 Å². The zero-order chi connectivity index (χ0) is 25.2. The summed E-state index contributed by atoms with van der Waals surface area (Å²) < 4.78 is 0. The average Bonchev–Trinajstić information content (AvgIpc) is 3.37. The number of anilines is 1. The molecule has 3 N–H and O–H groups in total. The quantitative estimate of drug-likeness (QED) is 0.336. The number of thiophene rings is 1. The Balaban J connectivity index is 1.61. The minimum atomic E-state index is -0.686. The molecular formula is C28H36N4O2S. The van der Waals surface area contributed by atoms with Crippen molar-refractivity contribution in [1.82, 2.24) is 15.5 Å². The first-order chi connectivity index (χ1) is 16.8. The molecule has 0 bridgehead atoms. The van der Waals surface area contributed by atoms with E-state index in [9.17, 15) is 9.59 Å². The Bertz CT molecular complexity index is 1040. The molecule has 35 heavy (non-hydrogen) atoms. The molecule has 2 aromatic carbocycles. The first-order valence-corrected chi connectivity index (χ1v) is 13.0. The number of rotatable bonds is 11. The largest absolute Gasteiger partial charge is 0.353 e. The number of hydrogen-bond acceptors (Lipinski definition) is 4. The molecule has 0 aliphatic heterocycles. The van der Waals surface area contributed by atoms with Gasteiger partial charge in [-0.2, -0.15) is 0 Å². The van der Waals surface area contributed by atoms with Crippen molar-refractivity contribution < 1.29 is 9.59 Å². The molecule has 0 saturated heterocycles. The van der Waals surface area contributed by atoms with Crippen molar-refractivity contribution in [2.45, 2.75) is 52.2 Å². The van der Waals surface area contributed by atoms with Crippen LogP contribution in [-0.4, -0.2) is 48.1 Å². The van der Waals surface area contributed by atoms with Crippen LogP contribution in [0.3, 0.4) is 0 Å². The van der Waals surface area contributed by atoms with Crippen LogP contribution in [0.4, 0.5) is 10.5 Å². The molecule has 1 atom stereocenters. The SMILES string of the molecule is CC(C)N(CCNC(=O)C(Cc1ccccc1)NC(=O)Nc1ccc(-c2cccs2)cc1)C(C)C. The molecule has 0 spiro atoms. The van der Waals surface area contributed by atoms with Gasteiger partial charge in [0.1, 0.15) is 6.04 Å². The van der Waals surface area contributed by atoms with Crippen LogP contribution >= 0.6 is 11.3 Å². The van der Waals surface area contributed by atoms with Gasteiger partial charge >= 0.3 is 6.03 Å². The highest BCUT2D eigenvalue weighted by atomic mass is 32.1. The molecule has 0 aliphatic rings. The highest BCUT2D eigenvalue weighted by molar-refractivity contribution is 7.13. The Kier molecular flexibility index (Phi) is 9.87. The van der Waals surface area contributed by atoms with Crippen molar-refractivity contribution in [3.63, 3.8) is 0 Å². The van der Waals surface area contributed by atoms with Crippen molar-refractivity contribution in [2.75, 3.05) is 18.4 Å². The number of amides is 3. The molecule has 0 saturated carbocycles. The van der Waals surface area contributed by atoms with E-state index in [4.69, 9.17) is 0 Å². The molecule has 6 nitrogen and oxygen atoms in total. The molecule has 186 valence electrons. The lowest BCUT2D eigenvalue weighted by Gasteiger charge is -2.30. The van der Waals surface area contributed by atoms with Crippen molar-refractivity contribution in [1.29, 1.82) is 0 Å². The third kappa shape index (κ3) is 8.23. The summed E-state index contributed by atoms with van der Waals surface area (Å²) in [5.41, 5.74) is 2.76. The van der Waals surface area contributed by atoms with Gasteiger partial charge in [-0.1, -0.05) is 48.5 Å². The van der Waals surface area contributed by atoms with Crippen LogP contribution < -0.4 is 16.0 Å². The lowest BCUT2D eigenvalue weighted by molar-refractivity contribution is -0.123. The van der Waals surface area contributed by atoms with Gasteiger partial charge in [0.2, 0.25) is 5.91 Å². The summed E-state index contributed by atoms with van der Waals surface area (Å²) in [5.74, 6) is -0.190. The van der Waals surface area contributed by atoms with E-state index in [-0.39, 0.29) is 5.91 Å². The number of nitrogens with one attached hydrogen (secondary N) is 3. The number of urea groups is 1. The van der Waals surface area contributed by atoms with Crippen LogP contribution in [-0.2, 0) is 11.2 Å². The summed E-state index contributed by atoms with van der Waals surface area (Å²) in [7, 11) is 0. The predicted molar refractivity (Wildman–Crippen MR) is 146 cm³/mol. The van der Waals surface area contributed by atoms with E-state index in [0.717, 1.165) is 17.7 Å². The van der Waals surface area contributed by atoms with E-state index in [1.165, 1.54) is 4.88 Å². The summed E-state index contributed by atoms with van der Waals surface area (Å²) in [6.45, 7) is 9.88. The Morgan fingerprint density at radius 2 is 1.57 bits per heavy atom. The van der Waals surface area contributed by atoms with Crippen molar-refractivity contribution >= 4 is 29.0 Å². The Morgan fingerprint density at radius 3 is 2.17 bits per heavy atom. The molecule has 7 heteroatoms. The number of hydrogen-bond donors (Lipinski definition) is 3. The Labute approximate surface area is 212 Å². The van der Waals surface area contributed by atoms with E-state index < -0.39 is 12.1 Å². The molecule has 3 aromatic rings. The van der Waals surface area contributed by atoms with Crippen LogP contribution in [0.5, 0.6) is 0 Å². The second kappa shape index (κ2) is 13.1. The van der Waals surface area contributed by atoms with Gasteiger partial charge in [0.25, 0.3) is 0 Å². The monoisotopic (exact) mass is 492 g/mol. The smallest absolute Gasteiger partial charge is 0.319 e. The fraction of sp³-hybridized carbons (Fsp3) is 0.357. The average molecular weight is 493 g/mol. The second-order valence-electron chi connectivity index (χ2n) is 9.11. The van der Waals surface area contributed by atoms with Gasteiger partial charge in [0.15, 0.2) is 0 Å². The van der Waals surface area contributed by atoms with Gasteiger partial charge < -0.3 is 16.0 Å². The summed E-state index contributed by atoms with van der Waals surface area (Å²) in [4.78, 5) is 29.3. The minimum Gasteiger partial charge on any atom is -0.353 e. The maximum atomic E-state index is 13.1. The Morgan fingerprint density at radius 1 is 0.886 bits per heavy atom. The normalized spacial score (nSPS) is 12.1. The summed E-state index contributed by atoms with van der Waals surface area (Å²) in [5, 5.41) is 10.8. The fourth-order valence-corrected chi connectivity index (χ4v) is 4.82. The number of carbonyl (C=O) groups is 2. The molecule has 3 rings (SSSR count). The van der Waals surface area contributed by atoms with E-state index in [1.54, 1.807) is 11.3 Å². The third-order valence-corrected chi connectivity index (χ3v) is 6.77. The topological polar surface area (TPSA) is 73.5 Å². The second-order valence-corrected chi connectivity index (χ2v) is 10.1. The molecule has 0 radical (unpaired) electrons. The highest BCUT2D eigenvalue weighted by Gasteiger charge is 2.22. The molecule has 1 heterocycles. The van der Waals surface area contributed by atoms with Gasteiger partial charge in [-0.25, -0.2) is 4.79 Å². The molecular weight excluding hydrogens is 456 g/mol. The number of nitrogens with zero attached hydrogens (tertiary/aromatic N) is 1. The van der Waals surface area contributed by atoms with Gasteiger partial charge in [-0.3, -0.25) is 9.69 Å². The standard InChI is InChI=1S/C28H36N4O2S/c1-20(2)32(21(3)4)17-16-29-27(33)25(19-22-9-6-5-7-10-22)31-28(34)30-24-14-12-23(13-15-24)26-11-8-18-35-26/h5-15,18,20-21,25H,16-17,19H2,1-4H3,(H,29,33)(H2,30,31,34). The van der Waals surface area contributed by atoms with Crippen molar-refractivity contribution in [2.24, 2.45) is 0 Å². The summed E-state index contributed by atoms with van der Waals surface area (Å²) in [6.07, 6.45) is 0.412. The zero-order valence-electron chi connectivity index (χ0n) is 21.0. The molecule has 1 aromatic heterocycles.